The second kappa shape index (κ2) is 14.4. The van der Waals surface area contributed by atoms with Gasteiger partial charge in [-0.2, -0.15) is 13.2 Å². The minimum Gasteiger partial charge on any atom is -0.477 e. The van der Waals surface area contributed by atoms with E-state index in [0.29, 0.717) is 34.0 Å². The smallest absolute Gasteiger partial charge is 0.408 e. The van der Waals surface area contributed by atoms with Gasteiger partial charge in [-0.25, -0.2) is 4.79 Å². The number of likely N-dealkylation sites (tertiary alicyclic amines) is 1. The van der Waals surface area contributed by atoms with Crippen LogP contribution in [0.15, 0.2) is 94.2 Å². The molecule has 6 aromatic rings. The average molecular weight is 714 g/mol. The van der Waals surface area contributed by atoms with Gasteiger partial charge in [0.1, 0.15) is 40.3 Å². The van der Waals surface area contributed by atoms with E-state index in [-0.39, 0.29) is 53.2 Å². The molecule has 0 bridgehead atoms. The number of ketones is 2. The Bertz CT molecular complexity index is 2250. The van der Waals surface area contributed by atoms with Gasteiger partial charge in [0.05, 0.1) is 11.1 Å². The summed E-state index contributed by atoms with van der Waals surface area (Å²) in [7, 11) is 0. The van der Waals surface area contributed by atoms with Crippen molar-refractivity contribution in [2.45, 2.75) is 38.9 Å². The number of amides is 1. The summed E-state index contributed by atoms with van der Waals surface area (Å²) in [6, 6.07) is 19.0. The maximum atomic E-state index is 13.2. The number of halogens is 3. The maximum Gasteiger partial charge on any atom is 0.408 e. The third-order valence-electron chi connectivity index (χ3n) is 8.52. The van der Waals surface area contributed by atoms with Crippen molar-refractivity contribution in [3.8, 4) is 22.5 Å². The van der Waals surface area contributed by atoms with Crippen LogP contribution in [0, 0.1) is 13.8 Å². The number of nitrogens with one attached hydrogen (secondary N) is 2. The molecule has 0 aliphatic carbocycles. The number of aromatic nitrogens is 4. The molecule has 52 heavy (non-hydrogen) atoms. The molecule has 1 atom stereocenters. The highest BCUT2D eigenvalue weighted by Gasteiger charge is 2.48. The number of carbonyl (C=O) groups is 4. The first kappa shape index (κ1) is 35.3. The average Bonchev–Trinajstić information content (AvgIpc) is 3.98. The first-order valence-electron chi connectivity index (χ1n) is 16.0. The summed E-state index contributed by atoms with van der Waals surface area (Å²) in [5.74, 6) is -1.96. The van der Waals surface area contributed by atoms with E-state index in [1.807, 2.05) is 36.4 Å². The molecule has 1 amide bonds. The van der Waals surface area contributed by atoms with Crippen LogP contribution < -0.4 is 0 Å². The fourth-order valence-corrected chi connectivity index (χ4v) is 5.96. The van der Waals surface area contributed by atoms with E-state index in [1.165, 1.54) is 24.5 Å². The van der Waals surface area contributed by atoms with Crippen molar-refractivity contribution in [1.29, 1.82) is 0 Å². The van der Waals surface area contributed by atoms with Gasteiger partial charge in [0, 0.05) is 41.2 Å². The number of hydrogen-bond donors (Lipinski definition) is 3. The van der Waals surface area contributed by atoms with Crippen molar-refractivity contribution in [2.75, 3.05) is 6.54 Å². The number of nitrogens with zero attached hydrogens (tertiary/aromatic N) is 3. The van der Waals surface area contributed by atoms with Crippen molar-refractivity contribution in [1.82, 2.24) is 25.2 Å². The molecule has 2 aromatic carbocycles. The van der Waals surface area contributed by atoms with Gasteiger partial charge in [0.15, 0.2) is 11.6 Å². The molecule has 15 heteroatoms. The fourth-order valence-electron chi connectivity index (χ4n) is 5.96. The van der Waals surface area contributed by atoms with Gasteiger partial charge in [0.25, 0.3) is 5.91 Å². The number of carboxylic acid groups (broad SMARTS) is 1. The molecule has 12 nitrogen and oxygen atoms in total. The van der Waals surface area contributed by atoms with Crippen LogP contribution in [0.1, 0.15) is 77.2 Å². The molecular weight excluding hydrogens is 683 g/mol. The standard InChI is InChI=1S/C21H18F3N3O3.C16H12N2O4/c1-12-17(18(26-30-12)13-6-3-2-4-7-13)19(28)14-10-15(25-11-14)20(29)27-9-5-8-16(27)21(22,23)24;1-9-13(14(18-22-9)10-5-3-2-4-6-10)15(19)11-7-12(16(20)21)17-8-11/h2-4,6-7,10-11,16,25H,5,8-9H2,1H3;2-8,17H,1H3,(H,20,21)/t16-;/m0./s1. The lowest BCUT2D eigenvalue weighted by Gasteiger charge is -2.26. The van der Waals surface area contributed by atoms with E-state index in [4.69, 9.17) is 14.2 Å². The number of aromatic carboxylic acids is 1. The van der Waals surface area contributed by atoms with Crippen molar-refractivity contribution in [2.24, 2.45) is 0 Å². The summed E-state index contributed by atoms with van der Waals surface area (Å²) in [6.45, 7) is 3.27. The molecule has 7 rings (SSSR count). The highest BCUT2D eigenvalue weighted by molar-refractivity contribution is 6.14. The molecule has 1 aliphatic rings. The van der Waals surface area contributed by atoms with Crippen LogP contribution in [0.5, 0.6) is 0 Å². The zero-order chi connectivity index (χ0) is 37.2. The van der Waals surface area contributed by atoms with Gasteiger partial charge in [-0.1, -0.05) is 71.0 Å². The molecule has 0 saturated carbocycles. The minimum atomic E-state index is -4.48. The van der Waals surface area contributed by atoms with Crippen LogP contribution in [0.3, 0.4) is 0 Å². The van der Waals surface area contributed by atoms with Crippen LogP contribution in [0.25, 0.3) is 22.5 Å². The zero-order valence-electron chi connectivity index (χ0n) is 27.7. The Kier molecular flexibility index (Phi) is 9.77. The molecule has 0 spiro atoms. The summed E-state index contributed by atoms with van der Waals surface area (Å²) >= 11 is 0. The molecular formula is C37H30F3N5O7. The van der Waals surface area contributed by atoms with Crippen molar-refractivity contribution in [3.05, 3.63) is 130 Å². The Morgan fingerprint density at radius 2 is 1.23 bits per heavy atom. The SMILES string of the molecule is Cc1onc(-c2ccccc2)c1C(=O)c1c[nH]c(C(=O)N2CCC[C@H]2C(F)(F)F)c1.Cc1onc(-c2ccccc2)c1C(=O)c1c[nH]c(C(=O)O)c1. The van der Waals surface area contributed by atoms with E-state index in [2.05, 4.69) is 20.3 Å². The Morgan fingerprint density at radius 3 is 1.67 bits per heavy atom. The van der Waals surface area contributed by atoms with Crippen LogP contribution in [-0.4, -0.2) is 72.5 Å². The number of aromatic amines is 2. The zero-order valence-corrected chi connectivity index (χ0v) is 27.7. The maximum absolute atomic E-state index is 13.2. The second-order valence-corrected chi connectivity index (χ2v) is 11.9. The molecule has 1 saturated heterocycles. The summed E-state index contributed by atoms with van der Waals surface area (Å²) < 4.78 is 49.9. The van der Waals surface area contributed by atoms with E-state index < -0.39 is 29.9 Å². The summed E-state index contributed by atoms with van der Waals surface area (Å²) in [4.78, 5) is 55.3. The Morgan fingerprint density at radius 1 is 0.769 bits per heavy atom. The summed E-state index contributed by atoms with van der Waals surface area (Å²) in [6.07, 6.45) is -1.64. The summed E-state index contributed by atoms with van der Waals surface area (Å²) in [5.41, 5.74) is 3.13. The number of alkyl halides is 3. The highest BCUT2D eigenvalue weighted by atomic mass is 19.4. The van der Waals surface area contributed by atoms with Gasteiger partial charge in [0.2, 0.25) is 0 Å². The lowest BCUT2D eigenvalue weighted by atomic mass is 9.99. The number of rotatable bonds is 8. The molecule has 4 aromatic heterocycles. The molecule has 5 heterocycles. The first-order valence-corrected chi connectivity index (χ1v) is 16.0. The fraction of sp³-hybridized carbons (Fsp3) is 0.189. The van der Waals surface area contributed by atoms with Gasteiger partial charge >= 0.3 is 12.1 Å². The molecule has 1 fully saturated rings. The number of carboxylic acids is 1. The number of benzene rings is 2. The molecule has 1 aliphatic heterocycles. The van der Waals surface area contributed by atoms with Gasteiger partial charge < -0.3 is 29.0 Å². The molecule has 266 valence electrons. The largest absolute Gasteiger partial charge is 0.477 e. The normalized spacial score (nSPS) is 14.2. The van der Waals surface area contributed by atoms with Crippen LogP contribution in [0.2, 0.25) is 0 Å². The lowest BCUT2D eigenvalue weighted by Crippen LogP contribution is -2.44. The second-order valence-electron chi connectivity index (χ2n) is 11.9. The Hall–Kier alpha value is -6.51. The predicted molar refractivity (Wildman–Crippen MR) is 179 cm³/mol. The molecule has 0 radical (unpaired) electrons. The number of hydrogen-bond acceptors (Lipinski definition) is 8. The number of H-pyrrole nitrogens is 2. The molecule has 3 N–H and O–H groups in total. The van der Waals surface area contributed by atoms with Gasteiger partial charge in [-0.3, -0.25) is 14.4 Å². The van der Waals surface area contributed by atoms with E-state index in [9.17, 15) is 32.3 Å². The quantitative estimate of drug-likeness (QED) is 0.137. The van der Waals surface area contributed by atoms with E-state index in [1.54, 1.807) is 38.1 Å². The Balaban J connectivity index is 0.000000187. The first-order chi connectivity index (χ1) is 24.8. The number of carbonyl (C=O) groups excluding carboxylic acids is 3. The monoisotopic (exact) mass is 713 g/mol. The van der Waals surface area contributed by atoms with Crippen LogP contribution in [-0.2, 0) is 0 Å². The third kappa shape index (κ3) is 7.06. The topological polar surface area (TPSA) is 175 Å². The Labute approximate surface area is 293 Å². The van der Waals surface area contributed by atoms with Crippen LogP contribution in [0.4, 0.5) is 13.2 Å². The van der Waals surface area contributed by atoms with Crippen molar-refractivity contribution in [3.63, 3.8) is 0 Å². The number of aryl methyl sites for hydroxylation is 2. The van der Waals surface area contributed by atoms with E-state index in [0.717, 1.165) is 10.5 Å². The van der Waals surface area contributed by atoms with Crippen LogP contribution >= 0.6 is 0 Å². The van der Waals surface area contributed by atoms with Gasteiger partial charge in [-0.05, 0) is 38.8 Å². The highest BCUT2D eigenvalue weighted by Crippen LogP contribution is 2.34. The molecule has 0 unspecified atom stereocenters. The van der Waals surface area contributed by atoms with Crippen molar-refractivity contribution < 1.29 is 46.5 Å². The van der Waals surface area contributed by atoms with Gasteiger partial charge in [-0.15, -0.1) is 0 Å². The lowest BCUT2D eigenvalue weighted by molar-refractivity contribution is -0.169. The predicted octanol–water partition coefficient (Wildman–Crippen LogP) is 7.28. The summed E-state index contributed by atoms with van der Waals surface area (Å²) in [5, 5.41) is 16.8. The van der Waals surface area contributed by atoms with E-state index >= 15 is 0 Å². The van der Waals surface area contributed by atoms with Crippen molar-refractivity contribution >= 4 is 23.4 Å². The third-order valence-corrected chi connectivity index (χ3v) is 8.52. The minimum absolute atomic E-state index is 0.0220.